The molecule has 0 spiro atoms. The molecule has 0 aromatic rings. The van der Waals surface area contributed by atoms with Gasteiger partial charge in [-0.15, -0.1) is 0 Å². The molecule has 122 valence electrons. The lowest BCUT2D eigenvalue weighted by molar-refractivity contribution is -0.143. The van der Waals surface area contributed by atoms with Gasteiger partial charge >= 0.3 is 0 Å². The average molecular weight is 295 g/mol. The molecule has 1 heterocycles. The molecule has 2 saturated carbocycles. The first-order chi connectivity index (χ1) is 9.60. The minimum absolute atomic E-state index is 0.204. The van der Waals surface area contributed by atoms with E-state index < -0.39 is 0 Å². The Labute approximate surface area is 129 Å². The van der Waals surface area contributed by atoms with Gasteiger partial charge in [0.25, 0.3) is 0 Å². The van der Waals surface area contributed by atoms with Gasteiger partial charge in [0.05, 0.1) is 12.2 Å². The zero-order valence-corrected chi connectivity index (χ0v) is 14.3. The molecule has 2 aliphatic carbocycles. The van der Waals surface area contributed by atoms with Crippen LogP contribution in [0.25, 0.3) is 0 Å². The van der Waals surface area contributed by atoms with E-state index in [1.165, 1.54) is 12.8 Å². The molecule has 1 aliphatic heterocycles. The monoisotopic (exact) mass is 295 g/mol. The molecule has 3 fully saturated rings. The lowest BCUT2D eigenvalue weighted by Gasteiger charge is -2.59. The van der Waals surface area contributed by atoms with Crippen LogP contribution in [0.4, 0.5) is 0 Å². The van der Waals surface area contributed by atoms with Gasteiger partial charge in [-0.25, -0.2) is 0 Å². The Bertz CT molecular complexity index is 370. The third-order valence-corrected chi connectivity index (χ3v) is 6.61. The Morgan fingerprint density at radius 1 is 0.762 bits per heavy atom. The summed E-state index contributed by atoms with van der Waals surface area (Å²) in [7, 11) is 2.23. The molecule has 1 saturated heterocycles. The van der Waals surface area contributed by atoms with E-state index in [2.05, 4.69) is 39.6 Å². The quantitative estimate of drug-likeness (QED) is 0.722. The Balaban J connectivity index is 1.86. The van der Waals surface area contributed by atoms with Crippen molar-refractivity contribution in [1.29, 1.82) is 0 Å². The smallest absolute Gasteiger partial charge is 0.0588 e. The second-order valence-corrected chi connectivity index (χ2v) is 9.64. The van der Waals surface area contributed by atoms with Gasteiger partial charge in [-0.1, -0.05) is 27.7 Å². The number of aliphatic hydroxyl groups is 2. The summed E-state index contributed by atoms with van der Waals surface area (Å²) in [6.07, 6.45) is 4.75. The Hall–Kier alpha value is -0.120. The molecule has 2 N–H and O–H groups in total. The Kier molecular flexibility index (Phi) is 3.71. The largest absolute Gasteiger partial charge is 0.393 e. The van der Waals surface area contributed by atoms with E-state index in [4.69, 9.17) is 0 Å². The summed E-state index contributed by atoms with van der Waals surface area (Å²) >= 11 is 0. The maximum atomic E-state index is 10.6. The van der Waals surface area contributed by atoms with Crippen molar-refractivity contribution in [3.63, 3.8) is 0 Å². The van der Waals surface area contributed by atoms with Crippen LogP contribution in [0, 0.1) is 22.7 Å². The van der Waals surface area contributed by atoms with Gasteiger partial charge in [0, 0.05) is 23.9 Å². The molecule has 6 atom stereocenters. The van der Waals surface area contributed by atoms with Gasteiger partial charge in [-0.05, 0) is 50.0 Å². The first-order valence-corrected chi connectivity index (χ1v) is 8.68. The number of hydrogen-bond donors (Lipinski definition) is 2. The molecule has 0 radical (unpaired) electrons. The number of nitrogens with zero attached hydrogens (tertiary/aromatic N) is 1. The van der Waals surface area contributed by atoms with E-state index in [-0.39, 0.29) is 23.0 Å². The molecule has 0 aromatic carbocycles. The number of aliphatic hydroxyl groups excluding tert-OH is 2. The van der Waals surface area contributed by atoms with Crippen LogP contribution in [-0.4, -0.2) is 46.5 Å². The molecule has 0 amide bonds. The fraction of sp³-hybridized carbons (Fsp3) is 1.00. The second kappa shape index (κ2) is 4.94. The van der Waals surface area contributed by atoms with Gasteiger partial charge < -0.3 is 10.2 Å². The van der Waals surface area contributed by atoms with Crippen molar-refractivity contribution in [2.45, 2.75) is 84.1 Å². The van der Waals surface area contributed by atoms with Crippen molar-refractivity contribution >= 4 is 0 Å². The molecular formula is C18H33NO2. The van der Waals surface area contributed by atoms with Gasteiger partial charge in [-0.2, -0.15) is 0 Å². The molecule has 0 bridgehead atoms. The fourth-order valence-electron chi connectivity index (χ4n) is 5.63. The van der Waals surface area contributed by atoms with E-state index >= 15 is 0 Å². The van der Waals surface area contributed by atoms with Crippen LogP contribution in [-0.2, 0) is 0 Å². The molecule has 6 unspecified atom stereocenters. The van der Waals surface area contributed by atoms with Gasteiger partial charge in [-0.3, -0.25) is 4.90 Å². The summed E-state index contributed by atoms with van der Waals surface area (Å²) in [6.45, 7) is 9.14. The number of hydrogen-bond acceptors (Lipinski definition) is 3. The number of likely N-dealkylation sites (tertiary alicyclic amines) is 1. The van der Waals surface area contributed by atoms with Crippen molar-refractivity contribution in [1.82, 2.24) is 4.90 Å². The van der Waals surface area contributed by atoms with E-state index in [1.54, 1.807) is 0 Å². The highest BCUT2D eigenvalue weighted by Crippen LogP contribution is 2.51. The van der Waals surface area contributed by atoms with Crippen LogP contribution in [0.3, 0.4) is 0 Å². The highest BCUT2D eigenvalue weighted by Gasteiger charge is 2.53. The van der Waals surface area contributed by atoms with E-state index in [9.17, 15) is 10.2 Å². The molecule has 0 aromatic heterocycles. The van der Waals surface area contributed by atoms with E-state index in [0.717, 1.165) is 19.3 Å². The zero-order valence-electron chi connectivity index (χ0n) is 14.3. The van der Waals surface area contributed by atoms with Crippen molar-refractivity contribution < 1.29 is 10.2 Å². The summed E-state index contributed by atoms with van der Waals surface area (Å²) < 4.78 is 0. The standard InChI is InChI=1S/C18H33NO2/c1-17(2)7-13-11(15(20)9-17)6-12-14(19(13)5)8-18(3,4)10-16(12)21/h11-16,20-21H,6-10H2,1-5H3. The third-order valence-electron chi connectivity index (χ3n) is 6.61. The summed E-state index contributed by atoms with van der Waals surface area (Å²) in [6, 6.07) is 0.956. The van der Waals surface area contributed by atoms with Crippen LogP contribution < -0.4 is 0 Å². The number of rotatable bonds is 0. The minimum Gasteiger partial charge on any atom is -0.393 e. The lowest BCUT2D eigenvalue weighted by Crippen LogP contribution is -2.63. The Morgan fingerprint density at radius 3 is 1.52 bits per heavy atom. The first-order valence-electron chi connectivity index (χ1n) is 8.68. The Morgan fingerprint density at radius 2 is 1.14 bits per heavy atom. The maximum absolute atomic E-state index is 10.6. The molecule has 3 nitrogen and oxygen atoms in total. The van der Waals surface area contributed by atoms with Gasteiger partial charge in [0.2, 0.25) is 0 Å². The summed E-state index contributed by atoms with van der Waals surface area (Å²) in [5.41, 5.74) is 0.453. The lowest BCUT2D eigenvalue weighted by atomic mass is 9.58. The zero-order chi connectivity index (χ0) is 15.6. The van der Waals surface area contributed by atoms with Crippen LogP contribution in [0.5, 0.6) is 0 Å². The molecule has 21 heavy (non-hydrogen) atoms. The van der Waals surface area contributed by atoms with Crippen LogP contribution in [0.2, 0.25) is 0 Å². The van der Waals surface area contributed by atoms with E-state index in [1.807, 2.05) is 0 Å². The highest BCUT2D eigenvalue weighted by molar-refractivity contribution is 5.06. The SMILES string of the molecule is CN1C2CC(C)(C)CC(O)C2CC2C(O)CC(C)(C)CC21. The number of fused-ring (bicyclic) bond motifs is 2. The molecule has 3 aliphatic rings. The van der Waals surface area contributed by atoms with Crippen LogP contribution in [0.1, 0.15) is 59.8 Å². The topological polar surface area (TPSA) is 43.7 Å². The van der Waals surface area contributed by atoms with Crippen molar-refractivity contribution in [3.05, 3.63) is 0 Å². The third kappa shape index (κ3) is 2.77. The van der Waals surface area contributed by atoms with Crippen LogP contribution >= 0.6 is 0 Å². The van der Waals surface area contributed by atoms with Gasteiger partial charge in [0.1, 0.15) is 0 Å². The van der Waals surface area contributed by atoms with E-state index in [0.29, 0.717) is 23.9 Å². The molecule has 3 heteroatoms. The van der Waals surface area contributed by atoms with Gasteiger partial charge in [0.15, 0.2) is 0 Å². The fourth-order valence-corrected chi connectivity index (χ4v) is 5.63. The highest BCUT2D eigenvalue weighted by atomic mass is 16.3. The van der Waals surface area contributed by atoms with Crippen molar-refractivity contribution in [3.8, 4) is 0 Å². The predicted molar refractivity (Wildman–Crippen MR) is 85.0 cm³/mol. The second-order valence-electron chi connectivity index (χ2n) is 9.64. The summed E-state index contributed by atoms with van der Waals surface area (Å²) in [5.74, 6) is 0.695. The number of piperidine rings is 1. The van der Waals surface area contributed by atoms with Crippen LogP contribution in [0.15, 0.2) is 0 Å². The summed E-state index contributed by atoms with van der Waals surface area (Å²) in [4.78, 5) is 2.52. The van der Waals surface area contributed by atoms with Crippen molar-refractivity contribution in [2.75, 3.05) is 7.05 Å². The maximum Gasteiger partial charge on any atom is 0.0588 e. The average Bonchev–Trinajstić information content (AvgIpc) is 2.30. The minimum atomic E-state index is -0.204. The van der Waals surface area contributed by atoms with Crippen molar-refractivity contribution in [2.24, 2.45) is 22.7 Å². The first kappa shape index (κ1) is 15.8. The predicted octanol–water partition coefficient (Wildman–Crippen LogP) is 2.65. The normalized spacial score (nSPS) is 49.3. The molecule has 3 rings (SSSR count). The molecular weight excluding hydrogens is 262 g/mol. The summed E-state index contributed by atoms with van der Waals surface area (Å²) in [5, 5.41) is 21.3.